The summed E-state index contributed by atoms with van der Waals surface area (Å²) in [7, 11) is 0. The third kappa shape index (κ3) is 14.4. The molecule has 0 aromatic heterocycles. The van der Waals surface area contributed by atoms with Crippen molar-refractivity contribution in [2.45, 2.75) is 26.7 Å². The number of carboxylic acids is 2. The summed E-state index contributed by atoms with van der Waals surface area (Å²) in [5.41, 5.74) is 0. The van der Waals surface area contributed by atoms with E-state index in [1.165, 1.54) is 0 Å². The molecule has 0 saturated heterocycles. The van der Waals surface area contributed by atoms with E-state index in [9.17, 15) is 4.79 Å². The molecule has 0 heterocycles. The van der Waals surface area contributed by atoms with Crippen molar-refractivity contribution < 1.29 is 29.7 Å². The number of nitrogens with one attached hydrogen (secondary N) is 1. The highest BCUT2D eigenvalue weighted by molar-refractivity contribution is 6.27. The molecule has 0 fully saturated rings. The van der Waals surface area contributed by atoms with E-state index in [1.54, 1.807) is 0 Å². The molecule has 0 saturated carbocycles. The van der Waals surface area contributed by atoms with Crippen LogP contribution < -0.4 is 5.32 Å². The molecule has 0 aromatic carbocycles. The van der Waals surface area contributed by atoms with Crippen LogP contribution in [-0.2, 0) is 14.4 Å². The molecular weight excluding hydrogens is 268 g/mol. The topological polar surface area (TPSA) is 127 Å². The predicted molar refractivity (Wildman–Crippen MR) is 72.4 cm³/mol. The van der Waals surface area contributed by atoms with E-state index in [0.29, 0.717) is 19.4 Å². The number of rotatable bonds is 8. The van der Waals surface area contributed by atoms with Gasteiger partial charge in [-0.05, 0) is 19.5 Å². The molecule has 0 atom stereocenters. The van der Waals surface area contributed by atoms with Gasteiger partial charge in [0.2, 0.25) is 5.91 Å². The highest BCUT2D eigenvalue weighted by atomic mass is 16.4. The van der Waals surface area contributed by atoms with Gasteiger partial charge >= 0.3 is 11.9 Å². The van der Waals surface area contributed by atoms with Crippen molar-refractivity contribution in [1.29, 1.82) is 0 Å². The van der Waals surface area contributed by atoms with E-state index in [2.05, 4.69) is 24.1 Å². The number of hydrogen-bond acceptors (Lipinski definition) is 5. The first-order chi connectivity index (χ1) is 9.38. The third-order valence-corrected chi connectivity index (χ3v) is 2.39. The van der Waals surface area contributed by atoms with Crippen LogP contribution in [-0.4, -0.2) is 70.9 Å². The number of nitrogens with zero attached hydrogens (tertiary/aromatic N) is 1. The van der Waals surface area contributed by atoms with Gasteiger partial charge in [-0.1, -0.05) is 13.8 Å². The zero-order chi connectivity index (χ0) is 16.0. The summed E-state index contributed by atoms with van der Waals surface area (Å²) >= 11 is 0. The van der Waals surface area contributed by atoms with Gasteiger partial charge in [-0.25, -0.2) is 9.59 Å². The summed E-state index contributed by atoms with van der Waals surface area (Å²) in [5.74, 6) is -3.61. The molecule has 118 valence electrons. The highest BCUT2D eigenvalue weighted by Crippen LogP contribution is 1.88. The number of aliphatic hydroxyl groups is 1. The lowest BCUT2D eigenvalue weighted by Gasteiger charge is -2.17. The average molecular weight is 292 g/mol. The maximum absolute atomic E-state index is 11.1. The van der Waals surface area contributed by atoms with Gasteiger partial charge in [0.25, 0.3) is 0 Å². The quantitative estimate of drug-likeness (QED) is 0.439. The Bertz CT molecular complexity index is 280. The Morgan fingerprint density at radius 1 is 1.05 bits per heavy atom. The Balaban J connectivity index is 0. The fourth-order valence-corrected chi connectivity index (χ4v) is 1.22. The Hall–Kier alpha value is -1.67. The first-order valence-electron chi connectivity index (χ1n) is 6.45. The van der Waals surface area contributed by atoms with E-state index < -0.39 is 11.9 Å². The Kier molecular flexibility index (Phi) is 14.2. The molecule has 0 aliphatic carbocycles. The van der Waals surface area contributed by atoms with Crippen LogP contribution in [0.15, 0.2) is 0 Å². The first-order valence-corrected chi connectivity index (χ1v) is 6.45. The fraction of sp³-hybridized carbons (Fsp3) is 0.750. The lowest BCUT2D eigenvalue weighted by molar-refractivity contribution is -0.159. The van der Waals surface area contributed by atoms with Gasteiger partial charge in [0.05, 0.1) is 0 Å². The smallest absolute Gasteiger partial charge is 0.414 e. The number of amides is 1. The van der Waals surface area contributed by atoms with Crippen molar-refractivity contribution in [2.24, 2.45) is 0 Å². The molecule has 4 N–H and O–H groups in total. The van der Waals surface area contributed by atoms with Gasteiger partial charge in [-0.2, -0.15) is 0 Å². The van der Waals surface area contributed by atoms with Crippen LogP contribution in [0.3, 0.4) is 0 Å². The van der Waals surface area contributed by atoms with Crippen LogP contribution in [0.4, 0.5) is 0 Å². The molecule has 0 bridgehead atoms. The summed E-state index contributed by atoms with van der Waals surface area (Å²) in [6.45, 7) is 7.94. The van der Waals surface area contributed by atoms with Crippen LogP contribution in [0.5, 0.6) is 0 Å². The van der Waals surface area contributed by atoms with Gasteiger partial charge in [0, 0.05) is 26.1 Å². The molecule has 0 aliphatic rings. The van der Waals surface area contributed by atoms with Crippen molar-refractivity contribution >= 4 is 17.8 Å². The molecule has 0 aliphatic heterocycles. The molecule has 0 aromatic rings. The molecule has 0 radical (unpaired) electrons. The van der Waals surface area contributed by atoms with Gasteiger partial charge < -0.3 is 25.5 Å². The minimum atomic E-state index is -1.82. The maximum Gasteiger partial charge on any atom is 0.414 e. The number of aliphatic carboxylic acids is 2. The molecule has 20 heavy (non-hydrogen) atoms. The molecule has 8 nitrogen and oxygen atoms in total. The van der Waals surface area contributed by atoms with Crippen molar-refractivity contribution in [3.05, 3.63) is 0 Å². The van der Waals surface area contributed by atoms with Crippen LogP contribution in [0.25, 0.3) is 0 Å². The van der Waals surface area contributed by atoms with Crippen LogP contribution in [0.1, 0.15) is 26.7 Å². The van der Waals surface area contributed by atoms with Crippen LogP contribution in [0.2, 0.25) is 0 Å². The van der Waals surface area contributed by atoms with E-state index in [-0.39, 0.29) is 12.5 Å². The molecular formula is C12H24N2O6. The summed E-state index contributed by atoms with van der Waals surface area (Å²) < 4.78 is 0. The summed E-state index contributed by atoms with van der Waals surface area (Å²) in [6, 6.07) is 0. The number of carbonyl (C=O) groups is 3. The van der Waals surface area contributed by atoms with Crippen molar-refractivity contribution in [2.75, 3.05) is 32.8 Å². The van der Waals surface area contributed by atoms with Crippen molar-refractivity contribution in [3.63, 3.8) is 0 Å². The minimum absolute atomic E-state index is 0.0335. The fourth-order valence-electron chi connectivity index (χ4n) is 1.22. The van der Waals surface area contributed by atoms with E-state index >= 15 is 0 Å². The summed E-state index contributed by atoms with van der Waals surface area (Å²) in [5, 5.41) is 26.1. The Morgan fingerprint density at radius 3 is 1.90 bits per heavy atom. The second-order valence-corrected chi connectivity index (χ2v) is 3.81. The highest BCUT2D eigenvalue weighted by Gasteiger charge is 2.04. The second kappa shape index (κ2) is 13.8. The van der Waals surface area contributed by atoms with Crippen LogP contribution in [0, 0.1) is 0 Å². The largest absolute Gasteiger partial charge is 0.473 e. The average Bonchev–Trinajstić information content (AvgIpc) is 2.42. The van der Waals surface area contributed by atoms with Gasteiger partial charge in [0.1, 0.15) is 0 Å². The molecule has 8 heteroatoms. The number of likely N-dealkylation sites (N-methyl/N-ethyl adjacent to an activating group) is 1. The number of hydrogen-bond donors (Lipinski definition) is 4. The Morgan fingerprint density at radius 2 is 1.55 bits per heavy atom. The molecule has 1 amide bonds. The molecule has 0 unspecified atom stereocenters. The molecule has 0 spiro atoms. The van der Waals surface area contributed by atoms with E-state index in [0.717, 1.165) is 19.6 Å². The number of carbonyl (C=O) groups excluding carboxylic acids is 1. The van der Waals surface area contributed by atoms with Crippen molar-refractivity contribution in [1.82, 2.24) is 10.2 Å². The third-order valence-electron chi connectivity index (χ3n) is 2.39. The van der Waals surface area contributed by atoms with Crippen molar-refractivity contribution in [3.8, 4) is 0 Å². The SMILES string of the molecule is CCN(CC)CCNC(=O)CCCO.O=C(O)C(=O)O. The van der Waals surface area contributed by atoms with E-state index in [4.69, 9.17) is 24.9 Å². The lowest BCUT2D eigenvalue weighted by Crippen LogP contribution is -2.34. The van der Waals surface area contributed by atoms with E-state index in [1.807, 2.05) is 0 Å². The first kappa shape index (κ1) is 20.6. The monoisotopic (exact) mass is 292 g/mol. The van der Waals surface area contributed by atoms with Gasteiger partial charge in [-0.3, -0.25) is 4.79 Å². The predicted octanol–water partition coefficient (Wildman–Crippen LogP) is -0.627. The van der Waals surface area contributed by atoms with Gasteiger partial charge in [0.15, 0.2) is 0 Å². The summed E-state index contributed by atoms with van der Waals surface area (Å²) in [6.07, 6.45) is 0.978. The molecule has 0 rings (SSSR count). The standard InChI is InChI=1S/C10H22N2O2.C2H2O4/c1-3-12(4-2)8-7-11-10(14)6-5-9-13;3-1(4)2(5)6/h13H,3-9H2,1-2H3,(H,11,14);(H,3,4)(H,5,6). The minimum Gasteiger partial charge on any atom is -0.473 e. The normalized spacial score (nSPS) is 9.60. The number of carboxylic acid groups (broad SMARTS) is 2. The van der Waals surface area contributed by atoms with Crippen LogP contribution >= 0.6 is 0 Å². The Labute approximate surface area is 118 Å². The second-order valence-electron chi connectivity index (χ2n) is 3.81. The zero-order valence-electron chi connectivity index (χ0n) is 12.0. The maximum atomic E-state index is 11.1. The zero-order valence-corrected chi connectivity index (χ0v) is 12.0. The summed E-state index contributed by atoms with van der Waals surface area (Å²) in [4.78, 5) is 31.6. The van der Waals surface area contributed by atoms with Gasteiger partial charge in [-0.15, -0.1) is 0 Å². The number of aliphatic hydroxyl groups excluding tert-OH is 1. The lowest BCUT2D eigenvalue weighted by atomic mass is 10.3.